The Bertz CT molecular complexity index is 1820. The predicted molar refractivity (Wildman–Crippen MR) is 144 cm³/mol. The first-order valence-electron chi connectivity index (χ1n) is 12.7. The normalized spacial score (nSPS) is 18.7. The van der Waals surface area contributed by atoms with Crippen LogP contribution in [0.25, 0.3) is 44.3 Å². The van der Waals surface area contributed by atoms with Crippen LogP contribution in [0.5, 0.6) is 5.75 Å². The number of benzene rings is 2. The summed E-state index contributed by atoms with van der Waals surface area (Å²) < 4.78 is 37.0. The molecular formula is C30H23F2N5O2. The number of terminal acetylenes is 1. The van der Waals surface area contributed by atoms with Gasteiger partial charge in [0.1, 0.15) is 28.8 Å². The van der Waals surface area contributed by atoms with Crippen LogP contribution in [-0.2, 0) is 0 Å². The average molecular weight is 524 g/mol. The van der Waals surface area contributed by atoms with Crippen LogP contribution in [0.3, 0.4) is 0 Å². The number of phenolic OH excluding ortho intramolecular Hbond substituents is 1. The van der Waals surface area contributed by atoms with E-state index in [2.05, 4.69) is 26.1 Å². The van der Waals surface area contributed by atoms with E-state index in [1.165, 1.54) is 30.7 Å². The Morgan fingerprint density at radius 3 is 2.62 bits per heavy atom. The maximum Gasteiger partial charge on any atom is 0.181 e. The Morgan fingerprint density at radius 2 is 1.90 bits per heavy atom. The van der Waals surface area contributed by atoms with Crippen molar-refractivity contribution in [2.24, 2.45) is 0 Å². The number of oxazole rings is 1. The van der Waals surface area contributed by atoms with E-state index in [4.69, 9.17) is 15.8 Å². The van der Waals surface area contributed by atoms with Crippen molar-refractivity contribution >= 4 is 27.4 Å². The lowest BCUT2D eigenvalue weighted by Crippen LogP contribution is -2.51. The summed E-state index contributed by atoms with van der Waals surface area (Å²) in [5.74, 6) is 2.08. The molecule has 2 aromatic carbocycles. The molecule has 9 heteroatoms. The highest BCUT2D eigenvalue weighted by Gasteiger charge is 2.34. The van der Waals surface area contributed by atoms with Crippen LogP contribution in [0.15, 0.2) is 47.5 Å². The van der Waals surface area contributed by atoms with Crippen LogP contribution in [0.4, 0.5) is 14.6 Å². The number of anilines is 1. The quantitative estimate of drug-likeness (QED) is 0.310. The maximum atomic E-state index is 16.8. The van der Waals surface area contributed by atoms with E-state index in [-0.39, 0.29) is 22.6 Å². The molecule has 2 unspecified atom stereocenters. The molecule has 3 aromatic heterocycles. The number of pyridine rings is 2. The number of halogens is 2. The third kappa shape index (κ3) is 3.63. The fourth-order valence-corrected chi connectivity index (χ4v) is 6.12. The zero-order chi connectivity index (χ0) is 26.8. The molecule has 5 aromatic rings. The largest absolute Gasteiger partial charge is 0.508 e. The van der Waals surface area contributed by atoms with Crippen molar-refractivity contribution in [3.63, 3.8) is 0 Å². The van der Waals surface area contributed by atoms with Crippen molar-refractivity contribution in [1.29, 1.82) is 0 Å². The van der Waals surface area contributed by atoms with Crippen LogP contribution >= 0.6 is 0 Å². The molecule has 2 N–H and O–H groups in total. The number of rotatable bonds is 3. The fourth-order valence-electron chi connectivity index (χ4n) is 6.12. The smallest absolute Gasteiger partial charge is 0.181 e. The Kier molecular flexibility index (Phi) is 5.28. The summed E-state index contributed by atoms with van der Waals surface area (Å²) in [5, 5.41) is 15.7. The molecular weight excluding hydrogens is 500 g/mol. The van der Waals surface area contributed by atoms with Crippen molar-refractivity contribution in [1.82, 2.24) is 20.3 Å². The molecule has 0 spiro atoms. The van der Waals surface area contributed by atoms with Crippen molar-refractivity contribution < 1.29 is 18.3 Å². The second-order valence-electron chi connectivity index (χ2n) is 10.2. The van der Waals surface area contributed by atoms with E-state index in [1.54, 1.807) is 19.3 Å². The second-order valence-corrected chi connectivity index (χ2v) is 10.2. The lowest BCUT2D eigenvalue weighted by Gasteiger charge is -2.34. The van der Waals surface area contributed by atoms with Gasteiger partial charge in [-0.1, -0.05) is 12.0 Å². The zero-order valence-corrected chi connectivity index (χ0v) is 21.0. The van der Waals surface area contributed by atoms with Gasteiger partial charge in [0.05, 0.1) is 11.8 Å². The molecule has 2 bridgehead atoms. The number of aryl methyl sites for hydroxylation is 1. The minimum atomic E-state index is -0.619. The van der Waals surface area contributed by atoms with E-state index >= 15 is 4.39 Å². The van der Waals surface area contributed by atoms with Crippen LogP contribution in [-0.4, -0.2) is 45.2 Å². The predicted octanol–water partition coefficient (Wildman–Crippen LogP) is 5.32. The van der Waals surface area contributed by atoms with Gasteiger partial charge in [0, 0.05) is 53.1 Å². The summed E-state index contributed by atoms with van der Waals surface area (Å²) in [7, 11) is 0. The highest BCUT2D eigenvalue weighted by atomic mass is 19.1. The molecule has 0 amide bonds. The van der Waals surface area contributed by atoms with Gasteiger partial charge < -0.3 is 19.7 Å². The molecule has 2 aliphatic rings. The van der Waals surface area contributed by atoms with Crippen molar-refractivity contribution in [3.8, 4) is 40.8 Å². The topological polar surface area (TPSA) is 87.3 Å². The minimum Gasteiger partial charge on any atom is -0.508 e. The van der Waals surface area contributed by atoms with Crippen LogP contribution in [0.1, 0.15) is 24.0 Å². The number of nitrogens with one attached hydrogen (secondary N) is 1. The van der Waals surface area contributed by atoms with E-state index in [1.807, 2.05) is 0 Å². The first kappa shape index (κ1) is 23.6. The highest BCUT2D eigenvalue weighted by molar-refractivity contribution is 6.04. The standard InChI is InChI=1S/C30H23F2N5O2/c1-3-20-23(31)7-4-16-8-19(38)9-21(26(16)20)29-27(32)25-15(2)28(24-11-33-14-39-24)36-30(22(25)10-34-29)37-12-17-5-6-18(13-37)35-17/h1,4,7-11,14,17-18,35,38H,5-6,12-13H2,2H3. The Labute approximate surface area is 222 Å². The van der Waals surface area contributed by atoms with Gasteiger partial charge in [-0.3, -0.25) is 4.98 Å². The third-order valence-electron chi connectivity index (χ3n) is 7.84. The molecule has 39 heavy (non-hydrogen) atoms. The summed E-state index contributed by atoms with van der Waals surface area (Å²) in [4.78, 5) is 15.7. The summed E-state index contributed by atoms with van der Waals surface area (Å²) in [6, 6.07) is 6.24. The molecule has 0 radical (unpaired) electrons. The monoisotopic (exact) mass is 523 g/mol. The van der Waals surface area contributed by atoms with Gasteiger partial charge in [-0.05, 0) is 48.9 Å². The summed E-state index contributed by atoms with van der Waals surface area (Å²) in [6.07, 6.45) is 12.3. The number of hydrogen-bond donors (Lipinski definition) is 2. The SMILES string of the molecule is C#Cc1c(F)ccc2cc(O)cc(-c3ncc4c(N5CC6CCC(C5)N6)nc(-c5cnco5)c(C)c4c3F)c12. The second kappa shape index (κ2) is 8.75. The third-order valence-corrected chi connectivity index (χ3v) is 7.84. The summed E-state index contributed by atoms with van der Waals surface area (Å²) in [6.45, 7) is 3.25. The minimum absolute atomic E-state index is 0.0189. The highest BCUT2D eigenvalue weighted by Crippen LogP contribution is 2.41. The van der Waals surface area contributed by atoms with Crippen LogP contribution in [0.2, 0.25) is 0 Å². The number of piperazine rings is 1. The maximum absolute atomic E-state index is 16.8. The molecule has 2 saturated heterocycles. The van der Waals surface area contributed by atoms with E-state index in [0.29, 0.717) is 56.5 Å². The molecule has 2 aliphatic heterocycles. The molecule has 7 rings (SSSR count). The number of aromatic hydroxyl groups is 1. The zero-order valence-electron chi connectivity index (χ0n) is 21.0. The Hall–Kier alpha value is -4.55. The molecule has 194 valence electrons. The summed E-state index contributed by atoms with van der Waals surface area (Å²) in [5.41, 5.74) is 1.17. The van der Waals surface area contributed by atoms with Crippen LogP contribution < -0.4 is 10.2 Å². The van der Waals surface area contributed by atoms with Gasteiger partial charge in [-0.25, -0.2) is 18.7 Å². The first-order chi connectivity index (χ1) is 18.9. The van der Waals surface area contributed by atoms with Gasteiger partial charge in [-0.2, -0.15) is 0 Å². The number of fused-ring (bicyclic) bond motifs is 4. The number of hydrogen-bond acceptors (Lipinski definition) is 7. The molecule has 0 saturated carbocycles. The fraction of sp³-hybridized carbons (Fsp3) is 0.233. The number of aromatic nitrogens is 3. The van der Waals surface area contributed by atoms with Crippen molar-refractivity contribution in [2.45, 2.75) is 31.8 Å². The molecule has 0 aliphatic carbocycles. The average Bonchev–Trinajstić information content (AvgIpc) is 3.58. The molecule has 5 heterocycles. The van der Waals surface area contributed by atoms with Gasteiger partial charge in [0.25, 0.3) is 0 Å². The first-order valence-corrected chi connectivity index (χ1v) is 12.7. The number of nitrogens with zero attached hydrogens (tertiary/aromatic N) is 4. The number of phenols is 1. The lowest BCUT2D eigenvalue weighted by molar-refractivity contribution is 0.464. The lowest BCUT2D eigenvalue weighted by atomic mass is 9.94. The van der Waals surface area contributed by atoms with Gasteiger partial charge in [-0.15, -0.1) is 6.42 Å². The molecule has 2 atom stereocenters. The molecule has 7 nitrogen and oxygen atoms in total. The van der Waals surface area contributed by atoms with Crippen molar-refractivity contribution in [2.75, 3.05) is 18.0 Å². The summed E-state index contributed by atoms with van der Waals surface area (Å²) >= 11 is 0. The van der Waals surface area contributed by atoms with Gasteiger partial charge >= 0.3 is 0 Å². The van der Waals surface area contributed by atoms with Crippen LogP contribution in [0, 0.1) is 30.9 Å². The van der Waals surface area contributed by atoms with Gasteiger partial charge in [0.2, 0.25) is 0 Å². The van der Waals surface area contributed by atoms with E-state index in [0.717, 1.165) is 25.9 Å². The van der Waals surface area contributed by atoms with Gasteiger partial charge in [0.15, 0.2) is 18.0 Å². The Balaban J connectivity index is 1.53. The molecule has 2 fully saturated rings. The van der Waals surface area contributed by atoms with E-state index < -0.39 is 11.6 Å². The van der Waals surface area contributed by atoms with E-state index in [9.17, 15) is 9.50 Å². The Morgan fingerprint density at radius 1 is 1.10 bits per heavy atom. The van der Waals surface area contributed by atoms with Crippen molar-refractivity contribution in [3.05, 3.63) is 65.8 Å².